The first-order valence-electron chi connectivity index (χ1n) is 14.9. The predicted octanol–water partition coefficient (Wildman–Crippen LogP) is 7.14. The van der Waals surface area contributed by atoms with Crippen molar-refractivity contribution in [3.63, 3.8) is 0 Å². The minimum absolute atomic E-state index is 0.0926. The zero-order valence-corrected chi connectivity index (χ0v) is 27.4. The molecule has 2 atom stereocenters. The molecule has 0 bridgehead atoms. The van der Waals surface area contributed by atoms with E-state index in [0.717, 1.165) is 27.6 Å². The second-order valence-electron chi connectivity index (χ2n) is 12.1. The summed E-state index contributed by atoms with van der Waals surface area (Å²) in [6.07, 6.45) is 0.542. The van der Waals surface area contributed by atoms with E-state index in [0.29, 0.717) is 35.7 Å². The number of ether oxygens (including phenoxy) is 1. The van der Waals surface area contributed by atoms with Crippen LogP contribution in [0.2, 0.25) is 5.02 Å². The van der Waals surface area contributed by atoms with Crippen LogP contribution in [-0.2, 0) is 36.7 Å². The number of benzene rings is 4. The lowest BCUT2D eigenvalue weighted by Crippen LogP contribution is -2.51. The first-order valence-corrected chi connectivity index (χ1v) is 18.1. The van der Waals surface area contributed by atoms with Gasteiger partial charge in [-0.15, -0.1) is 0 Å². The van der Waals surface area contributed by atoms with E-state index in [1.54, 1.807) is 54.6 Å². The molecular weight excluding hydrogens is 628 g/mol. The van der Waals surface area contributed by atoms with Crippen LogP contribution in [0.1, 0.15) is 46.9 Å². The van der Waals surface area contributed by atoms with Gasteiger partial charge in [-0.05, 0) is 74.2 Å². The molecule has 0 radical (unpaired) electrons. The maximum absolute atomic E-state index is 14.5. The first-order chi connectivity index (χ1) is 21.5. The SMILES string of the molecule is Cc1ccc(S(=O)(=O)N2Cc3c(c4ccccc4n3S(=O)(=O)c3ccc(C)cc3)C3(CCOC(c4ccccc4Cl)C3)C2)cc1. The molecule has 7 rings (SSSR count). The standard InChI is InChI=1S/C35H33ClN2O5S2/c1-24-11-15-26(16-12-24)44(39,40)37-22-32-34(35(23-37)19-20-43-33(21-35)28-7-3-5-9-30(28)36)29-8-4-6-10-31(29)38(32)45(41,42)27-17-13-25(2)14-18-27/h3-18,33H,19-23H2,1-2H3. The van der Waals surface area contributed by atoms with Crippen LogP contribution in [0.3, 0.4) is 0 Å². The van der Waals surface area contributed by atoms with Crippen molar-refractivity contribution in [1.82, 2.24) is 8.28 Å². The lowest BCUT2D eigenvalue weighted by molar-refractivity contribution is -0.0300. The van der Waals surface area contributed by atoms with Gasteiger partial charge in [-0.2, -0.15) is 4.31 Å². The summed E-state index contributed by atoms with van der Waals surface area (Å²) in [7, 11) is -8.10. The second-order valence-corrected chi connectivity index (χ2v) is 16.3. The molecule has 4 aromatic carbocycles. The Balaban J connectivity index is 1.48. The van der Waals surface area contributed by atoms with Crippen molar-refractivity contribution >= 4 is 42.6 Å². The number of rotatable bonds is 5. The van der Waals surface area contributed by atoms with Crippen molar-refractivity contribution in [3.8, 4) is 0 Å². The number of aromatic nitrogens is 1. The third-order valence-electron chi connectivity index (χ3n) is 9.21. The fourth-order valence-electron chi connectivity index (χ4n) is 6.98. The van der Waals surface area contributed by atoms with Crippen molar-refractivity contribution in [2.45, 2.75) is 54.5 Å². The Morgan fingerprint density at radius 1 is 0.778 bits per heavy atom. The number of sulfonamides is 1. The Morgan fingerprint density at radius 2 is 1.38 bits per heavy atom. The molecule has 2 aliphatic heterocycles. The van der Waals surface area contributed by atoms with Crippen molar-refractivity contribution in [2.24, 2.45) is 0 Å². The second kappa shape index (κ2) is 11.1. The van der Waals surface area contributed by atoms with Crippen molar-refractivity contribution in [1.29, 1.82) is 0 Å². The van der Waals surface area contributed by atoms with Gasteiger partial charge in [0.1, 0.15) is 0 Å². The maximum Gasteiger partial charge on any atom is 0.268 e. The normalized spacial score (nSPS) is 20.8. The highest BCUT2D eigenvalue weighted by Crippen LogP contribution is 2.52. The quantitative estimate of drug-likeness (QED) is 0.200. The fraction of sp³-hybridized carbons (Fsp3) is 0.257. The van der Waals surface area contributed by atoms with Gasteiger partial charge in [-0.3, -0.25) is 0 Å². The number of hydrogen-bond acceptors (Lipinski definition) is 5. The van der Waals surface area contributed by atoms with E-state index in [2.05, 4.69) is 0 Å². The number of nitrogens with zero attached hydrogens (tertiary/aromatic N) is 2. The molecule has 1 aromatic heterocycles. The Labute approximate surface area is 269 Å². The molecule has 0 aliphatic carbocycles. The van der Waals surface area contributed by atoms with E-state index in [9.17, 15) is 16.8 Å². The van der Waals surface area contributed by atoms with Gasteiger partial charge in [0, 0.05) is 29.0 Å². The molecule has 5 aromatic rings. The van der Waals surface area contributed by atoms with Gasteiger partial charge < -0.3 is 4.74 Å². The number of fused-ring (bicyclic) bond motifs is 4. The van der Waals surface area contributed by atoms with Gasteiger partial charge in [-0.25, -0.2) is 20.8 Å². The summed E-state index contributed by atoms with van der Waals surface area (Å²) < 4.78 is 66.8. The lowest BCUT2D eigenvalue weighted by Gasteiger charge is -2.47. The highest BCUT2D eigenvalue weighted by atomic mass is 35.5. The molecule has 0 saturated carbocycles. The average molecular weight is 661 g/mol. The molecule has 232 valence electrons. The summed E-state index contributed by atoms with van der Waals surface area (Å²) in [4.78, 5) is 0.315. The van der Waals surface area contributed by atoms with E-state index < -0.39 is 31.6 Å². The van der Waals surface area contributed by atoms with E-state index in [-0.39, 0.29) is 22.9 Å². The number of para-hydroxylation sites is 1. The van der Waals surface area contributed by atoms with Crippen LogP contribution in [0, 0.1) is 13.8 Å². The lowest BCUT2D eigenvalue weighted by atomic mass is 9.69. The van der Waals surface area contributed by atoms with Gasteiger partial charge in [0.25, 0.3) is 10.0 Å². The molecule has 1 fully saturated rings. The minimum atomic E-state index is -4.10. The first kappa shape index (κ1) is 30.2. The summed E-state index contributed by atoms with van der Waals surface area (Å²) in [6, 6.07) is 28.5. The van der Waals surface area contributed by atoms with Gasteiger partial charge in [0.05, 0.1) is 33.7 Å². The highest BCUT2D eigenvalue weighted by molar-refractivity contribution is 7.90. The van der Waals surface area contributed by atoms with E-state index in [1.807, 2.05) is 56.3 Å². The summed E-state index contributed by atoms with van der Waals surface area (Å²) in [5.41, 5.74) is 3.81. The minimum Gasteiger partial charge on any atom is -0.373 e. The van der Waals surface area contributed by atoms with E-state index in [4.69, 9.17) is 16.3 Å². The molecule has 7 nitrogen and oxygen atoms in total. The summed E-state index contributed by atoms with van der Waals surface area (Å²) >= 11 is 6.65. The molecular formula is C35H33ClN2O5S2. The molecule has 1 saturated heterocycles. The fourth-order valence-corrected chi connectivity index (χ4v) is 10.3. The molecule has 45 heavy (non-hydrogen) atoms. The molecule has 2 aliphatic rings. The third kappa shape index (κ3) is 5.02. The Morgan fingerprint density at radius 3 is 2.04 bits per heavy atom. The molecule has 3 heterocycles. The van der Waals surface area contributed by atoms with Crippen LogP contribution in [0.5, 0.6) is 0 Å². The van der Waals surface area contributed by atoms with Crippen molar-refractivity contribution in [2.75, 3.05) is 13.2 Å². The van der Waals surface area contributed by atoms with Gasteiger partial charge >= 0.3 is 0 Å². The third-order valence-corrected chi connectivity index (χ3v) is 13.1. The summed E-state index contributed by atoms with van der Waals surface area (Å²) in [5, 5.41) is 1.37. The van der Waals surface area contributed by atoms with Crippen LogP contribution in [0.4, 0.5) is 0 Å². The zero-order chi connectivity index (χ0) is 31.6. The highest BCUT2D eigenvalue weighted by Gasteiger charge is 2.50. The molecule has 10 heteroatoms. The van der Waals surface area contributed by atoms with Crippen LogP contribution >= 0.6 is 11.6 Å². The average Bonchev–Trinajstić information content (AvgIpc) is 3.38. The Bertz CT molecular complexity index is 2140. The number of hydrogen-bond donors (Lipinski definition) is 0. The van der Waals surface area contributed by atoms with Gasteiger partial charge in [0.15, 0.2) is 0 Å². The molecule has 0 N–H and O–H groups in total. The van der Waals surface area contributed by atoms with Crippen LogP contribution in [-0.4, -0.2) is 38.3 Å². The van der Waals surface area contributed by atoms with Gasteiger partial charge in [-0.1, -0.05) is 83.4 Å². The van der Waals surface area contributed by atoms with Crippen molar-refractivity contribution < 1.29 is 21.6 Å². The maximum atomic E-state index is 14.5. The van der Waals surface area contributed by atoms with Gasteiger partial charge in [0.2, 0.25) is 10.0 Å². The molecule has 0 amide bonds. The van der Waals surface area contributed by atoms with E-state index >= 15 is 0 Å². The topological polar surface area (TPSA) is 85.7 Å². The van der Waals surface area contributed by atoms with E-state index in [1.165, 1.54) is 8.28 Å². The molecule has 1 spiro atoms. The number of aryl methyl sites for hydroxylation is 2. The predicted molar refractivity (Wildman–Crippen MR) is 176 cm³/mol. The summed E-state index contributed by atoms with van der Waals surface area (Å²) in [6.45, 7) is 4.26. The van der Waals surface area contributed by atoms with Crippen LogP contribution in [0.15, 0.2) is 107 Å². The van der Waals surface area contributed by atoms with Crippen LogP contribution < -0.4 is 0 Å². The Hall–Kier alpha value is -3.47. The zero-order valence-electron chi connectivity index (χ0n) is 25.0. The summed E-state index contributed by atoms with van der Waals surface area (Å²) in [5.74, 6) is 0. The van der Waals surface area contributed by atoms with Crippen molar-refractivity contribution in [3.05, 3.63) is 130 Å². The monoisotopic (exact) mass is 660 g/mol. The smallest absolute Gasteiger partial charge is 0.268 e. The Kier molecular flexibility index (Phi) is 7.45. The number of halogens is 1. The molecule has 2 unspecified atom stereocenters. The largest absolute Gasteiger partial charge is 0.373 e. The van der Waals surface area contributed by atoms with Crippen LogP contribution in [0.25, 0.3) is 10.9 Å².